The van der Waals surface area contributed by atoms with Crippen LogP contribution in [0.3, 0.4) is 0 Å². The minimum Gasteiger partial charge on any atom is -0.494 e. The van der Waals surface area contributed by atoms with Crippen molar-refractivity contribution in [2.45, 2.75) is 19.6 Å². The number of halogens is 3. The van der Waals surface area contributed by atoms with E-state index in [1.807, 2.05) is 6.92 Å². The van der Waals surface area contributed by atoms with Crippen LogP contribution in [0.25, 0.3) is 0 Å². The lowest BCUT2D eigenvalue weighted by Crippen LogP contribution is -2.35. The number of aliphatic hydroxyl groups is 1. The fourth-order valence-electron chi connectivity index (χ4n) is 1.78. The first kappa shape index (κ1) is 15.8. The number of hydrogen-bond donors (Lipinski definition) is 1. The molecule has 0 spiro atoms. The van der Waals surface area contributed by atoms with Crippen LogP contribution in [0.15, 0.2) is 24.3 Å². The molecule has 0 saturated heterocycles. The summed E-state index contributed by atoms with van der Waals surface area (Å²) < 4.78 is 42.7. The van der Waals surface area contributed by atoms with Gasteiger partial charge in [-0.15, -0.1) is 0 Å². The van der Waals surface area contributed by atoms with Gasteiger partial charge in [-0.3, -0.25) is 4.90 Å². The van der Waals surface area contributed by atoms with Gasteiger partial charge < -0.3 is 9.84 Å². The van der Waals surface area contributed by atoms with E-state index in [1.54, 1.807) is 24.3 Å². The third-order valence-corrected chi connectivity index (χ3v) is 2.49. The number of alkyl halides is 3. The second-order valence-corrected chi connectivity index (χ2v) is 4.09. The highest BCUT2D eigenvalue weighted by Gasteiger charge is 2.30. The highest BCUT2D eigenvalue weighted by Crippen LogP contribution is 2.22. The van der Waals surface area contributed by atoms with Crippen LogP contribution >= 0.6 is 0 Å². The summed E-state index contributed by atoms with van der Waals surface area (Å²) in [6.07, 6.45) is -4.28. The van der Waals surface area contributed by atoms with E-state index >= 15 is 0 Å². The van der Waals surface area contributed by atoms with Crippen molar-refractivity contribution >= 4 is 0 Å². The molecule has 0 aliphatic rings. The van der Waals surface area contributed by atoms with Crippen LogP contribution in [-0.2, 0) is 6.54 Å². The van der Waals surface area contributed by atoms with Gasteiger partial charge in [0.15, 0.2) is 0 Å². The molecule has 0 aromatic heterocycles. The Kier molecular flexibility index (Phi) is 6.11. The van der Waals surface area contributed by atoms with Crippen LogP contribution in [-0.4, -0.2) is 42.5 Å². The lowest BCUT2D eigenvalue weighted by Gasteiger charge is -2.23. The van der Waals surface area contributed by atoms with Crippen molar-refractivity contribution in [3.05, 3.63) is 29.8 Å². The second-order valence-electron chi connectivity index (χ2n) is 4.09. The Hall–Kier alpha value is -1.27. The van der Waals surface area contributed by atoms with E-state index in [0.717, 1.165) is 4.90 Å². The van der Waals surface area contributed by atoms with Crippen LogP contribution in [0.5, 0.6) is 5.75 Å². The number of nitrogens with zero attached hydrogens (tertiary/aromatic N) is 1. The molecule has 19 heavy (non-hydrogen) atoms. The third kappa shape index (κ3) is 5.94. The summed E-state index contributed by atoms with van der Waals surface area (Å²) in [5.41, 5.74) is 0.682. The first-order valence-corrected chi connectivity index (χ1v) is 6.07. The van der Waals surface area contributed by atoms with Gasteiger partial charge >= 0.3 is 6.18 Å². The van der Waals surface area contributed by atoms with E-state index < -0.39 is 12.7 Å². The summed E-state index contributed by atoms with van der Waals surface area (Å²) in [6.45, 7) is 0.978. The van der Waals surface area contributed by atoms with E-state index in [1.165, 1.54) is 0 Å². The molecule has 0 aliphatic carbocycles. The molecule has 0 bridgehead atoms. The zero-order valence-corrected chi connectivity index (χ0v) is 10.8. The van der Waals surface area contributed by atoms with Gasteiger partial charge in [-0.1, -0.05) is 18.2 Å². The van der Waals surface area contributed by atoms with Crippen molar-refractivity contribution in [3.63, 3.8) is 0 Å². The lowest BCUT2D eigenvalue weighted by atomic mass is 10.2. The molecule has 0 fully saturated rings. The molecule has 1 aromatic rings. The van der Waals surface area contributed by atoms with Crippen molar-refractivity contribution < 1.29 is 23.0 Å². The van der Waals surface area contributed by atoms with Gasteiger partial charge in [0.2, 0.25) is 0 Å². The maximum Gasteiger partial charge on any atom is 0.401 e. The Bertz CT molecular complexity index is 382. The monoisotopic (exact) mass is 277 g/mol. The predicted molar refractivity (Wildman–Crippen MR) is 66.0 cm³/mol. The SMILES string of the molecule is CCOc1ccccc1CN(CCO)CC(F)(F)F. The number of para-hydroxylation sites is 1. The summed E-state index contributed by atoms with van der Waals surface area (Å²) >= 11 is 0. The summed E-state index contributed by atoms with van der Waals surface area (Å²) in [6, 6.07) is 6.98. The van der Waals surface area contributed by atoms with Crippen molar-refractivity contribution in [2.75, 3.05) is 26.3 Å². The predicted octanol–water partition coefficient (Wildman–Crippen LogP) is 2.44. The van der Waals surface area contributed by atoms with Crippen molar-refractivity contribution in [3.8, 4) is 5.75 Å². The van der Waals surface area contributed by atoms with Gasteiger partial charge in [0.25, 0.3) is 0 Å². The number of rotatable bonds is 7. The van der Waals surface area contributed by atoms with E-state index in [2.05, 4.69) is 0 Å². The van der Waals surface area contributed by atoms with E-state index in [4.69, 9.17) is 9.84 Å². The van der Waals surface area contributed by atoms with Gasteiger partial charge in [0, 0.05) is 18.7 Å². The van der Waals surface area contributed by atoms with Gasteiger partial charge in [0.1, 0.15) is 5.75 Å². The molecular formula is C13H18F3NO2. The van der Waals surface area contributed by atoms with Gasteiger partial charge in [-0.05, 0) is 13.0 Å². The average Bonchev–Trinajstić information content (AvgIpc) is 2.30. The molecule has 0 aliphatic heterocycles. The maximum atomic E-state index is 12.4. The van der Waals surface area contributed by atoms with Crippen LogP contribution in [0, 0.1) is 0 Å². The fourth-order valence-corrected chi connectivity index (χ4v) is 1.78. The first-order valence-electron chi connectivity index (χ1n) is 6.07. The zero-order chi connectivity index (χ0) is 14.3. The molecule has 108 valence electrons. The van der Waals surface area contributed by atoms with Gasteiger partial charge in [-0.2, -0.15) is 13.2 Å². The van der Waals surface area contributed by atoms with Crippen LogP contribution in [0.1, 0.15) is 12.5 Å². The molecule has 3 nitrogen and oxygen atoms in total. The molecular weight excluding hydrogens is 259 g/mol. The summed E-state index contributed by atoms with van der Waals surface area (Å²) in [5.74, 6) is 0.579. The molecule has 0 atom stereocenters. The van der Waals surface area contributed by atoms with E-state index in [0.29, 0.717) is 17.9 Å². The summed E-state index contributed by atoms with van der Waals surface area (Å²) in [4.78, 5) is 1.15. The molecule has 1 N–H and O–H groups in total. The Labute approximate surface area is 110 Å². The molecule has 1 aromatic carbocycles. The van der Waals surface area contributed by atoms with Crippen LogP contribution in [0.4, 0.5) is 13.2 Å². The van der Waals surface area contributed by atoms with E-state index in [-0.39, 0.29) is 19.7 Å². The highest BCUT2D eigenvalue weighted by molar-refractivity contribution is 5.33. The Morgan fingerprint density at radius 1 is 1.26 bits per heavy atom. The molecule has 0 radical (unpaired) electrons. The van der Waals surface area contributed by atoms with Crippen molar-refractivity contribution in [2.24, 2.45) is 0 Å². The minimum absolute atomic E-state index is 0.0278. The topological polar surface area (TPSA) is 32.7 Å². The average molecular weight is 277 g/mol. The fraction of sp³-hybridized carbons (Fsp3) is 0.538. The smallest absolute Gasteiger partial charge is 0.401 e. The molecule has 0 heterocycles. The first-order chi connectivity index (χ1) is 8.96. The van der Waals surface area contributed by atoms with Crippen LogP contribution in [0.2, 0.25) is 0 Å². The lowest BCUT2D eigenvalue weighted by molar-refractivity contribution is -0.148. The number of hydrogen-bond acceptors (Lipinski definition) is 3. The summed E-state index contributed by atoms with van der Waals surface area (Å²) in [5, 5.41) is 8.84. The quantitative estimate of drug-likeness (QED) is 0.831. The van der Waals surface area contributed by atoms with Crippen molar-refractivity contribution in [1.29, 1.82) is 0 Å². The Balaban J connectivity index is 2.78. The molecule has 0 amide bonds. The van der Waals surface area contributed by atoms with Crippen molar-refractivity contribution in [1.82, 2.24) is 4.90 Å². The Morgan fingerprint density at radius 2 is 1.95 bits per heavy atom. The van der Waals surface area contributed by atoms with Gasteiger partial charge in [0.05, 0.1) is 19.8 Å². The van der Waals surface area contributed by atoms with E-state index in [9.17, 15) is 13.2 Å². The molecule has 1 rings (SSSR count). The molecule has 0 saturated carbocycles. The maximum absolute atomic E-state index is 12.4. The number of ether oxygens (including phenoxy) is 1. The zero-order valence-electron chi connectivity index (χ0n) is 10.8. The second kappa shape index (κ2) is 7.35. The molecule has 0 unspecified atom stereocenters. The number of aliphatic hydroxyl groups excluding tert-OH is 1. The largest absolute Gasteiger partial charge is 0.494 e. The third-order valence-electron chi connectivity index (χ3n) is 2.49. The molecule has 6 heteroatoms. The standard InChI is InChI=1S/C13H18F3NO2/c1-2-19-12-6-4-3-5-11(12)9-17(7-8-18)10-13(14,15)16/h3-6,18H,2,7-10H2,1H3. The minimum atomic E-state index is -4.28. The van der Waals surface area contributed by atoms with Gasteiger partial charge in [-0.25, -0.2) is 0 Å². The Morgan fingerprint density at radius 3 is 2.53 bits per heavy atom. The normalized spacial score (nSPS) is 11.9. The van der Waals surface area contributed by atoms with Crippen LogP contribution < -0.4 is 4.74 Å². The summed E-state index contributed by atoms with van der Waals surface area (Å²) in [7, 11) is 0. The highest BCUT2D eigenvalue weighted by atomic mass is 19.4. The number of benzene rings is 1.